The summed E-state index contributed by atoms with van der Waals surface area (Å²) in [6.45, 7) is 6.51. The molecule has 0 radical (unpaired) electrons. The summed E-state index contributed by atoms with van der Waals surface area (Å²) in [4.78, 5) is 2.36. The van der Waals surface area contributed by atoms with Crippen molar-refractivity contribution in [3.8, 4) is 6.07 Å². The maximum Gasteiger partial charge on any atom is 0.0991 e. The number of nitriles is 1. The van der Waals surface area contributed by atoms with E-state index in [0.29, 0.717) is 5.56 Å². The highest BCUT2D eigenvalue weighted by molar-refractivity contribution is 5.48. The zero-order chi connectivity index (χ0) is 16.8. The molecule has 0 aliphatic carbocycles. The molecular formula is C20H23N3O. The van der Waals surface area contributed by atoms with Crippen LogP contribution in [-0.4, -0.2) is 26.3 Å². The number of ether oxygens (including phenoxy) is 1. The molecule has 0 spiro atoms. The molecule has 4 nitrogen and oxygen atoms in total. The highest BCUT2D eigenvalue weighted by Gasteiger charge is 2.12. The molecule has 1 saturated heterocycles. The second kappa shape index (κ2) is 7.96. The lowest BCUT2D eigenvalue weighted by Crippen LogP contribution is -2.36. The number of benzene rings is 2. The number of anilines is 1. The largest absolute Gasteiger partial charge is 0.378 e. The third-order valence-electron chi connectivity index (χ3n) is 4.46. The standard InChI is InChI=1S/C20H23N3O/c1-16(22-15-18-4-2-17(14-21)3-5-18)19-6-8-20(9-7-19)23-10-12-24-13-11-23/h2-9,16,22H,10-13,15H2,1H3. The van der Waals surface area contributed by atoms with E-state index in [9.17, 15) is 0 Å². The Hall–Kier alpha value is -2.35. The fourth-order valence-corrected chi connectivity index (χ4v) is 2.88. The lowest BCUT2D eigenvalue weighted by molar-refractivity contribution is 0.122. The Balaban J connectivity index is 1.56. The summed E-state index contributed by atoms with van der Waals surface area (Å²) < 4.78 is 5.40. The van der Waals surface area contributed by atoms with E-state index in [0.717, 1.165) is 32.8 Å². The Morgan fingerprint density at radius 3 is 2.38 bits per heavy atom. The van der Waals surface area contributed by atoms with E-state index in [1.54, 1.807) is 0 Å². The van der Waals surface area contributed by atoms with Gasteiger partial charge in [0.2, 0.25) is 0 Å². The molecular weight excluding hydrogens is 298 g/mol. The molecule has 1 unspecified atom stereocenters. The lowest BCUT2D eigenvalue weighted by atomic mass is 10.1. The number of hydrogen-bond acceptors (Lipinski definition) is 4. The first-order valence-electron chi connectivity index (χ1n) is 8.41. The van der Waals surface area contributed by atoms with Crippen molar-refractivity contribution in [2.24, 2.45) is 0 Å². The fraction of sp³-hybridized carbons (Fsp3) is 0.350. The summed E-state index contributed by atoms with van der Waals surface area (Å²) in [6.07, 6.45) is 0. The number of nitrogens with one attached hydrogen (secondary N) is 1. The van der Waals surface area contributed by atoms with E-state index in [4.69, 9.17) is 10.00 Å². The first kappa shape index (κ1) is 16.5. The van der Waals surface area contributed by atoms with Crippen LogP contribution in [0.5, 0.6) is 0 Å². The van der Waals surface area contributed by atoms with Crippen LogP contribution in [0.25, 0.3) is 0 Å². The van der Waals surface area contributed by atoms with Crippen molar-refractivity contribution < 1.29 is 4.74 Å². The molecule has 0 saturated carbocycles. The zero-order valence-electron chi connectivity index (χ0n) is 14.0. The summed E-state index contributed by atoms with van der Waals surface area (Å²) >= 11 is 0. The minimum atomic E-state index is 0.277. The smallest absolute Gasteiger partial charge is 0.0991 e. The van der Waals surface area contributed by atoms with Gasteiger partial charge in [0.1, 0.15) is 0 Å². The molecule has 3 rings (SSSR count). The Morgan fingerprint density at radius 1 is 1.08 bits per heavy atom. The molecule has 0 amide bonds. The van der Waals surface area contributed by atoms with Gasteiger partial charge in [-0.25, -0.2) is 0 Å². The van der Waals surface area contributed by atoms with Crippen LogP contribution in [-0.2, 0) is 11.3 Å². The summed E-state index contributed by atoms with van der Waals surface area (Å²) in [5.74, 6) is 0. The van der Waals surface area contributed by atoms with Gasteiger partial charge in [0, 0.05) is 31.4 Å². The van der Waals surface area contributed by atoms with E-state index >= 15 is 0 Å². The predicted molar refractivity (Wildman–Crippen MR) is 95.9 cm³/mol. The molecule has 24 heavy (non-hydrogen) atoms. The average molecular weight is 321 g/mol. The molecule has 2 aromatic carbocycles. The maximum atomic E-state index is 8.84. The van der Waals surface area contributed by atoms with Crippen molar-refractivity contribution in [3.63, 3.8) is 0 Å². The van der Waals surface area contributed by atoms with E-state index in [-0.39, 0.29) is 6.04 Å². The van der Waals surface area contributed by atoms with Crippen LogP contribution in [0.1, 0.15) is 29.7 Å². The molecule has 1 aliphatic rings. The first-order valence-corrected chi connectivity index (χ1v) is 8.41. The number of morpholine rings is 1. The summed E-state index contributed by atoms with van der Waals surface area (Å²) in [5, 5.41) is 12.4. The van der Waals surface area contributed by atoms with Gasteiger partial charge in [-0.3, -0.25) is 0 Å². The number of nitrogens with zero attached hydrogens (tertiary/aromatic N) is 2. The van der Waals surface area contributed by atoms with Crippen molar-refractivity contribution in [2.45, 2.75) is 19.5 Å². The second-order valence-electron chi connectivity index (χ2n) is 6.10. The maximum absolute atomic E-state index is 8.84. The highest BCUT2D eigenvalue weighted by Crippen LogP contribution is 2.20. The minimum absolute atomic E-state index is 0.277. The molecule has 2 aromatic rings. The van der Waals surface area contributed by atoms with E-state index in [2.05, 4.69) is 47.5 Å². The second-order valence-corrected chi connectivity index (χ2v) is 6.10. The Kier molecular flexibility index (Phi) is 5.47. The Bertz CT molecular complexity index is 682. The van der Waals surface area contributed by atoms with Crippen LogP contribution in [0.3, 0.4) is 0 Å². The molecule has 1 N–H and O–H groups in total. The Morgan fingerprint density at radius 2 is 1.75 bits per heavy atom. The summed E-state index contributed by atoms with van der Waals surface area (Å²) in [7, 11) is 0. The van der Waals surface area contributed by atoms with Crippen molar-refractivity contribution in [1.29, 1.82) is 5.26 Å². The SMILES string of the molecule is CC(NCc1ccc(C#N)cc1)c1ccc(N2CCOCC2)cc1. The van der Waals surface area contributed by atoms with Gasteiger partial charge < -0.3 is 15.0 Å². The van der Waals surface area contributed by atoms with Gasteiger partial charge >= 0.3 is 0 Å². The molecule has 4 heteroatoms. The molecule has 1 atom stereocenters. The van der Waals surface area contributed by atoms with Crippen LogP contribution < -0.4 is 10.2 Å². The summed E-state index contributed by atoms with van der Waals surface area (Å²) in [5.41, 5.74) is 4.43. The quantitative estimate of drug-likeness (QED) is 0.918. The molecule has 0 bridgehead atoms. The van der Waals surface area contributed by atoms with Crippen LogP contribution in [0.2, 0.25) is 0 Å². The molecule has 1 heterocycles. The minimum Gasteiger partial charge on any atom is -0.378 e. The normalized spacial score (nSPS) is 15.8. The zero-order valence-corrected chi connectivity index (χ0v) is 14.0. The van der Waals surface area contributed by atoms with Crippen LogP contribution >= 0.6 is 0 Å². The lowest BCUT2D eigenvalue weighted by Gasteiger charge is -2.29. The van der Waals surface area contributed by atoms with E-state index in [1.807, 2.05) is 24.3 Å². The third-order valence-corrected chi connectivity index (χ3v) is 4.46. The third kappa shape index (κ3) is 4.14. The average Bonchev–Trinajstić information content (AvgIpc) is 2.67. The molecule has 1 aliphatic heterocycles. The molecule has 1 fully saturated rings. The molecule has 124 valence electrons. The van der Waals surface area contributed by atoms with Gasteiger partial charge in [0.05, 0.1) is 24.8 Å². The number of rotatable bonds is 5. The van der Waals surface area contributed by atoms with Crippen molar-refractivity contribution >= 4 is 5.69 Å². The van der Waals surface area contributed by atoms with E-state index < -0.39 is 0 Å². The predicted octanol–water partition coefficient (Wildman–Crippen LogP) is 3.25. The van der Waals surface area contributed by atoms with Gasteiger partial charge in [-0.05, 0) is 42.3 Å². The fourth-order valence-electron chi connectivity index (χ4n) is 2.88. The molecule has 0 aromatic heterocycles. The highest BCUT2D eigenvalue weighted by atomic mass is 16.5. The monoisotopic (exact) mass is 321 g/mol. The van der Waals surface area contributed by atoms with Crippen molar-refractivity contribution in [1.82, 2.24) is 5.32 Å². The topological polar surface area (TPSA) is 48.3 Å². The van der Waals surface area contributed by atoms with Gasteiger partial charge in [0.15, 0.2) is 0 Å². The van der Waals surface area contributed by atoms with Crippen molar-refractivity contribution in [3.05, 3.63) is 65.2 Å². The first-order chi connectivity index (χ1) is 11.8. The number of hydrogen-bond donors (Lipinski definition) is 1. The Labute approximate surface area is 143 Å². The van der Waals surface area contributed by atoms with Crippen molar-refractivity contribution in [2.75, 3.05) is 31.2 Å². The van der Waals surface area contributed by atoms with Gasteiger partial charge in [-0.15, -0.1) is 0 Å². The van der Waals surface area contributed by atoms with Gasteiger partial charge in [0.25, 0.3) is 0 Å². The van der Waals surface area contributed by atoms with E-state index in [1.165, 1.54) is 16.8 Å². The van der Waals surface area contributed by atoms with Crippen LogP contribution in [0.15, 0.2) is 48.5 Å². The summed E-state index contributed by atoms with van der Waals surface area (Å²) in [6, 6.07) is 18.9. The van der Waals surface area contributed by atoms with Gasteiger partial charge in [-0.2, -0.15) is 5.26 Å². The van der Waals surface area contributed by atoms with Crippen LogP contribution in [0.4, 0.5) is 5.69 Å². The van der Waals surface area contributed by atoms with Gasteiger partial charge in [-0.1, -0.05) is 24.3 Å². The van der Waals surface area contributed by atoms with Crippen LogP contribution in [0, 0.1) is 11.3 Å².